The summed E-state index contributed by atoms with van der Waals surface area (Å²) in [6.07, 6.45) is 10.0. The minimum atomic E-state index is -2.87. The normalized spacial score (nSPS) is 26.2. The largest absolute Gasteiger partial charge is 0.375 e. The van der Waals surface area contributed by atoms with Crippen molar-refractivity contribution in [2.75, 3.05) is 53.9 Å². The second-order valence-electron chi connectivity index (χ2n) is 11.0. The summed E-state index contributed by atoms with van der Waals surface area (Å²) in [7, 11) is 6.10. The smallest absolute Gasteiger partial charge is 0.320 e. The van der Waals surface area contributed by atoms with Gasteiger partial charge in [-0.3, -0.25) is 0 Å². The fraction of sp³-hybridized carbons (Fsp3) is 0.759. The van der Waals surface area contributed by atoms with Crippen molar-refractivity contribution in [1.82, 2.24) is 25.3 Å². The molecule has 1 saturated carbocycles. The number of nitrogens with zero attached hydrogens (tertiary/aromatic N) is 3. The molecule has 0 aromatic carbocycles. The maximum Gasteiger partial charge on any atom is 0.320 e. The van der Waals surface area contributed by atoms with Crippen LogP contribution in [0.2, 0.25) is 0 Å². The van der Waals surface area contributed by atoms with Crippen LogP contribution in [0.15, 0.2) is 34.7 Å². The van der Waals surface area contributed by atoms with E-state index in [1.165, 1.54) is 36.2 Å². The van der Waals surface area contributed by atoms with Gasteiger partial charge in [-0.25, -0.2) is 13.6 Å². The first kappa shape index (κ1) is 29.5. The Bertz CT molecular complexity index is 874. The van der Waals surface area contributed by atoms with Gasteiger partial charge in [0.05, 0.1) is 6.04 Å². The van der Waals surface area contributed by atoms with Crippen molar-refractivity contribution in [3.8, 4) is 0 Å². The van der Waals surface area contributed by atoms with Gasteiger partial charge in [0, 0.05) is 47.2 Å². The summed E-state index contributed by atoms with van der Waals surface area (Å²) in [6.45, 7) is 8.21. The fourth-order valence-electron chi connectivity index (χ4n) is 6.07. The number of rotatable bonds is 10. The van der Waals surface area contributed by atoms with Crippen LogP contribution in [0, 0.1) is 11.8 Å². The van der Waals surface area contributed by atoms with Crippen molar-refractivity contribution in [1.29, 1.82) is 0 Å². The van der Waals surface area contributed by atoms with E-state index in [0.29, 0.717) is 37.9 Å². The van der Waals surface area contributed by atoms with Crippen molar-refractivity contribution >= 4 is 6.03 Å². The monoisotopic (exact) mass is 521 g/mol. The number of alkyl halides is 2. The minimum absolute atomic E-state index is 0.0315. The third kappa shape index (κ3) is 7.06. The van der Waals surface area contributed by atoms with Gasteiger partial charge in [0.25, 0.3) is 5.92 Å². The predicted octanol–water partition coefficient (Wildman–Crippen LogP) is 5.21. The van der Waals surface area contributed by atoms with Crippen LogP contribution in [0.4, 0.5) is 13.6 Å². The number of carbonyl (C=O) groups excluding carboxylic acids is 1. The predicted molar refractivity (Wildman–Crippen MR) is 148 cm³/mol. The molecule has 1 fully saturated rings. The topological polar surface area (TPSA) is 50.9 Å². The molecule has 0 aromatic rings. The first-order valence-electron chi connectivity index (χ1n) is 14.3. The zero-order chi connectivity index (χ0) is 27.2. The Morgan fingerprint density at radius 1 is 1.22 bits per heavy atom. The van der Waals surface area contributed by atoms with Gasteiger partial charge < -0.3 is 25.3 Å². The van der Waals surface area contributed by atoms with E-state index in [-0.39, 0.29) is 24.1 Å². The van der Waals surface area contributed by atoms with Gasteiger partial charge >= 0.3 is 6.03 Å². The Morgan fingerprint density at radius 3 is 2.49 bits per heavy atom. The third-order valence-corrected chi connectivity index (χ3v) is 8.45. The van der Waals surface area contributed by atoms with Gasteiger partial charge in [-0.05, 0) is 94.5 Å². The molecule has 210 valence electrons. The van der Waals surface area contributed by atoms with E-state index in [1.54, 1.807) is 6.08 Å². The highest BCUT2D eigenvalue weighted by Crippen LogP contribution is 2.43. The molecule has 6 nitrogen and oxygen atoms in total. The Kier molecular flexibility index (Phi) is 10.4. The quantitative estimate of drug-likeness (QED) is 0.388. The first-order valence-corrected chi connectivity index (χ1v) is 14.3. The lowest BCUT2D eigenvalue weighted by Crippen LogP contribution is -2.50. The first-order chi connectivity index (χ1) is 17.6. The Hall–Kier alpha value is -2.09. The molecule has 0 bridgehead atoms. The Morgan fingerprint density at radius 2 is 1.95 bits per heavy atom. The molecule has 1 aliphatic heterocycles. The molecule has 3 rings (SSSR count). The van der Waals surface area contributed by atoms with Gasteiger partial charge in [-0.15, -0.1) is 0 Å². The van der Waals surface area contributed by atoms with Gasteiger partial charge in [-0.1, -0.05) is 18.6 Å². The lowest BCUT2D eigenvalue weighted by molar-refractivity contribution is 0.0571. The average Bonchev–Trinajstić information content (AvgIpc) is 2.91. The number of carbonyl (C=O) groups is 1. The zero-order valence-electron chi connectivity index (χ0n) is 23.9. The molecular formula is C29H49F2N5O. The molecule has 2 atom stereocenters. The van der Waals surface area contributed by atoms with Gasteiger partial charge in [-0.2, -0.15) is 0 Å². The molecule has 8 heteroatoms. The summed E-state index contributed by atoms with van der Waals surface area (Å²) in [5.41, 5.74) is 2.85. The molecule has 0 radical (unpaired) electrons. The Balaban J connectivity index is 2.05. The van der Waals surface area contributed by atoms with Crippen molar-refractivity contribution in [2.24, 2.45) is 11.8 Å². The number of nitrogens with one attached hydrogen (secondary N) is 2. The SMILES string of the molecule is CCN1CC/C=C(/C(C)(F)F)CCN(C2C=C(/C(=C(\NC)N(C)CC)C3CCC3)CC(CNC)C2)C1=O. The van der Waals surface area contributed by atoms with Crippen molar-refractivity contribution < 1.29 is 13.6 Å². The molecule has 2 N–H and O–H groups in total. The summed E-state index contributed by atoms with van der Waals surface area (Å²) in [5, 5.41) is 6.84. The van der Waals surface area contributed by atoms with Crippen LogP contribution in [0.3, 0.4) is 0 Å². The standard InChI is InChI=1S/C29H49F2N5O/c1-7-34(6)27(33-5)26(22-11-9-12-22)23-17-21(20-32-4)18-25(19-23)36-16-14-24(29(3,30)31)13-10-15-35(8-2)28(36)37/h13,19,21-22,25,32-33H,7-12,14-18,20H2,1-6H3/b24-13+,27-26+. The highest BCUT2D eigenvalue weighted by atomic mass is 19.3. The molecule has 0 saturated heterocycles. The number of allylic oxidation sites excluding steroid dienone is 2. The van der Waals surface area contributed by atoms with Crippen LogP contribution in [0.1, 0.15) is 65.7 Å². The molecule has 2 unspecified atom stereocenters. The summed E-state index contributed by atoms with van der Waals surface area (Å²) in [4.78, 5) is 19.8. The summed E-state index contributed by atoms with van der Waals surface area (Å²) in [6, 6.07) is -0.149. The third-order valence-electron chi connectivity index (χ3n) is 8.45. The van der Waals surface area contributed by atoms with E-state index in [4.69, 9.17) is 0 Å². The summed E-state index contributed by atoms with van der Waals surface area (Å²) >= 11 is 0. The van der Waals surface area contributed by atoms with Crippen molar-refractivity contribution in [2.45, 2.75) is 77.7 Å². The number of hydrogen-bond donors (Lipinski definition) is 2. The van der Waals surface area contributed by atoms with Gasteiger partial charge in [0.15, 0.2) is 0 Å². The van der Waals surface area contributed by atoms with E-state index in [0.717, 1.165) is 32.9 Å². The summed E-state index contributed by atoms with van der Waals surface area (Å²) in [5.74, 6) is -0.814. The lowest BCUT2D eigenvalue weighted by Gasteiger charge is -2.41. The van der Waals surface area contributed by atoms with E-state index < -0.39 is 5.92 Å². The van der Waals surface area contributed by atoms with E-state index in [2.05, 4.69) is 35.6 Å². The van der Waals surface area contributed by atoms with Crippen molar-refractivity contribution in [3.05, 3.63) is 34.7 Å². The fourth-order valence-corrected chi connectivity index (χ4v) is 6.07. The lowest BCUT2D eigenvalue weighted by atomic mass is 9.72. The van der Waals surface area contributed by atoms with E-state index >= 15 is 0 Å². The molecule has 3 aliphatic rings. The van der Waals surface area contributed by atoms with Crippen LogP contribution in [0.5, 0.6) is 0 Å². The van der Waals surface area contributed by atoms with Crippen molar-refractivity contribution in [3.63, 3.8) is 0 Å². The van der Waals surface area contributed by atoms with Gasteiger partial charge in [0.2, 0.25) is 0 Å². The molecule has 37 heavy (non-hydrogen) atoms. The average molecular weight is 522 g/mol. The molecule has 1 heterocycles. The van der Waals surface area contributed by atoms with Crippen LogP contribution < -0.4 is 10.6 Å². The second-order valence-corrected chi connectivity index (χ2v) is 11.0. The van der Waals surface area contributed by atoms with Crippen LogP contribution in [0.25, 0.3) is 0 Å². The van der Waals surface area contributed by atoms with Crippen LogP contribution in [-0.2, 0) is 0 Å². The minimum Gasteiger partial charge on any atom is -0.375 e. The Labute approximate surface area is 223 Å². The highest BCUT2D eigenvalue weighted by molar-refractivity contribution is 5.75. The van der Waals surface area contributed by atoms with E-state index in [1.807, 2.05) is 30.8 Å². The van der Waals surface area contributed by atoms with Gasteiger partial charge in [0.1, 0.15) is 5.82 Å². The summed E-state index contributed by atoms with van der Waals surface area (Å²) < 4.78 is 28.8. The molecular weight excluding hydrogens is 472 g/mol. The second kappa shape index (κ2) is 13.1. The maximum atomic E-state index is 14.4. The zero-order valence-corrected chi connectivity index (χ0v) is 23.9. The van der Waals surface area contributed by atoms with Crippen LogP contribution in [-0.4, -0.2) is 86.6 Å². The molecule has 0 aromatic heterocycles. The number of urea groups is 1. The maximum absolute atomic E-state index is 14.4. The van der Waals surface area contributed by atoms with Crippen LogP contribution >= 0.6 is 0 Å². The molecule has 0 spiro atoms. The molecule has 2 amide bonds. The number of hydrogen-bond acceptors (Lipinski definition) is 4. The number of amides is 2. The molecule has 2 aliphatic carbocycles. The van der Waals surface area contributed by atoms with E-state index in [9.17, 15) is 13.6 Å². The highest BCUT2D eigenvalue weighted by Gasteiger charge is 2.37. The number of halogens is 2.